The Labute approximate surface area is 127 Å². The molecule has 1 atom stereocenters. The van der Waals surface area contributed by atoms with Crippen LogP contribution in [-0.4, -0.2) is 9.78 Å². The second kappa shape index (κ2) is 5.21. The minimum atomic E-state index is 0.441. The molecule has 1 fully saturated rings. The van der Waals surface area contributed by atoms with Gasteiger partial charge in [-0.25, -0.2) is 0 Å². The molecule has 3 rings (SSSR count). The molecule has 0 saturated heterocycles. The maximum atomic E-state index is 6.19. The molecule has 3 nitrogen and oxygen atoms in total. The van der Waals surface area contributed by atoms with E-state index in [9.17, 15) is 0 Å². The summed E-state index contributed by atoms with van der Waals surface area (Å²) in [6, 6.07) is 8.70. The number of aryl methyl sites for hydroxylation is 1. The van der Waals surface area contributed by atoms with Crippen LogP contribution in [0.2, 0.25) is 0 Å². The number of nitrogens with zero attached hydrogens (tertiary/aromatic N) is 2. The number of benzene rings is 1. The highest BCUT2D eigenvalue weighted by Crippen LogP contribution is 2.46. The molecule has 112 valence electrons. The molecule has 0 amide bonds. The average Bonchev–Trinajstić information content (AvgIpc) is 2.78. The Balaban J connectivity index is 2.02. The monoisotopic (exact) mass is 283 g/mol. The summed E-state index contributed by atoms with van der Waals surface area (Å²) < 4.78 is 1.75. The minimum absolute atomic E-state index is 0.441. The van der Waals surface area contributed by atoms with Crippen LogP contribution in [-0.2, 0) is 7.05 Å². The summed E-state index contributed by atoms with van der Waals surface area (Å²) in [6.07, 6.45) is 7.07. The third kappa shape index (κ3) is 2.69. The lowest BCUT2D eigenvalue weighted by Crippen LogP contribution is -2.21. The lowest BCUT2D eigenvalue weighted by Gasteiger charge is -2.36. The van der Waals surface area contributed by atoms with Gasteiger partial charge in [0.05, 0.1) is 6.20 Å². The van der Waals surface area contributed by atoms with E-state index in [1.807, 2.05) is 13.2 Å². The van der Waals surface area contributed by atoms with Crippen LogP contribution < -0.4 is 5.73 Å². The van der Waals surface area contributed by atoms with Gasteiger partial charge < -0.3 is 5.73 Å². The van der Waals surface area contributed by atoms with E-state index in [2.05, 4.69) is 43.2 Å². The maximum absolute atomic E-state index is 6.19. The lowest BCUT2D eigenvalue weighted by atomic mass is 9.69. The van der Waals surface area contributed by atoms with Gasteiger partial charge in [-0.05, 0) is 41.7 Å². The zero-order valence-electron chi connectivity index (χ0n) is 13.3. The molecule has 2 N–H and O–H groups in total. The summed E-state index contributed by atoms with van der Waals surface area (Å²) in [7, 11) is 1.89. The van der Waals surface area contributed by atoms with E-state index in [1.165, 1.54) is 36.8 Å². The average molecular weight is 283 g/mol. The van der Waals surface area contributed by atoms with E-state index in [1.54, 1.807) is 4.68 Å². The van der Waals surface area contributed by atoms with Gasteiger partial charge in [-0.3, -0.25) is 4.68 Å². The van der Waals surface area contributed by atoms with Crippen molar-refractivity contribution in [2.24, 2.45) is 12.5 Å². The molecule has 1 saturated carbocycles. The van der Waals surface area contributed by atoms with Crippen molar-refractivity contribution >= 4 is 5.82 Å². The van der Waals surface area contributed by atoms with Crippen LogP contribution in [0.1, 0.15) is 51.0 Å². The molecule has 1 aromatic carbocycles. The zero-order chi connectivity index (χ0) is 15.0. The maximum Gasteiger partial charge on any atom is 0.129 e. The fraction of sp³-hybridized carbons (Fsp3) is 0.500. The largest absolute Gasteiger partial charge is 0.383 e. The van der Waals surface area contributed by atoms with Gasteiger partial charge in [0.1, 0.15) is 5.82 Å². The first kappa shape index (κ1) is 14.2. The number of rotatable bonds is 2. The SMILES string of the molecule is Cn1ncc(-c2ccccc2C2CCCC(C)(C)C2)c1N. The van der Waals surface area contributed by atoms with Gasteiger partial charge in [0, 0.05) is 12.6 Å². The molecule has 3 heteroatoms. The Morgan fingerprint density at radius 1 is 1.24 bits per heavy atom. The van der Waals surface area contributed by atoms with Gasteiger partial charge in [-0.15, -0.1) is 0 Å². The van der Waals surface area contributed by atoms with Gasteiger partial charge in [0.2, 0.25) is 0 Å². The highest BCUT2D eigenvalue weighted by molar-refractivity contribution is 5.76. The summed E-state index contributed by atoms with van der Waals surface area (Å²) in [5, 5.41) is 4.30. The van der Waals surface area contributed by atoms with Crippen molar-refractivity contribution in [1.82, 2.24) is 9.78 Å². The molecule has 1 aliphatic carbocycles. The van der Waals surface area contributed by atoms with E-state index in [4.69, 9.17) is 5.73 Å². The van der Waals surface area contributed by atoms with Crippen molar-refractivity contribution in [1.29, 1.82) is 0 Å². The fourth-order valence-corrected chi connectivity index (χ4v) is 3.72. The van der Waals surface area contributed by atoms with Crippen LogP contribution >= 0.6 is 0 Å². The van der Waals surface area contributed by atoms with Crippen LogP contribution in [0.15, 0.2) is 30.5 Å². The van der Waals surface area contributed by atoms with Crippen molar-refractivity contribution in [3.63, 3.8) is 0 Å². The van der Waals surface area contributed by atoms with Crippen LogP contribution in [0.25, 0.3) is 11.1 Å². The number of anilines is 1. The van der Waals surface area contributed by atoms with E-state index in [-0.39, 0.29) is 0 Å². The Kier molecular flexibility index (Phi) is 3.52. The predicted molar refractivity (Wildman–Crippen MR) is 88.0 cm³/mol. The molecule has 21 heavy (non-hydrogen) atoms. The standard InChI is InChI=1S/C18H25N3/c1-18(2)10-6-7-13(11-18)14-8-4-5-9-15(14)16-12-20-21(3)17(16)19/h4-5,8-9,12-13H,6-7,10-11,19H2,1-3H3. The summed E-state index contributed by atoms with van der Waals surface area (Å²) >= 11 is 0. The number of nitrogen functional groups attached to an aromatic ring is 1. The zero-order valence-corrected chi connectivity index (χ0v) is 13.3. The summed E-state index contributed by atoms with van der Waals surface area (Å²) in [5.41, 5.74) is 10.4. The van der Waals surface area contributed by atoms with Crippen molar-refractivity contribution in [3.05, 3.63) is 36.0 Å². The molecule has 1 heterocycles. The van der Waals surface area contributed by atoms with Gasteiger partial charge in [0.15, 0.2) is 0 Å². The van der Waals surface area contributed by atoms with Crippen LogP contribution in [0.4, 0.5) is 5.82 Å². The van der Waals surface area contributed by atoms with Crippen LogP contribution in [0, 0.1) is 5.41 Å². The summed E-state index contributed by atoms with van der Waals surface area (Å²) in [5.74, 6) is 1.38. The Hall–Kier alpha value is -1.77. The molecule has 0 bridgehead atoms. The minimum Gasteiger partial charge on any atom is -0.383 e. The molecular weight excluding hydrogens is 258 g/mol. The van der Waals surface area contributed by atoms with Gasteiger partial charge in [-0.1, -0.05) is 44.5 Å². The van der Waals surface area contributed by atoms with E-state index in [0.717, 1.165) is 11.4 Å². The first-order valence-corrected chi connectivity index (χ1v) is 7.85. The number of hydrogen-bond donors (Lipinski definition) is 1. The quantitative estimate of drug-likeness (QED) is 0.890. The van der Waals surface area contributed by atoms with Crippen molar-refractivity contribution in [3.8, 4) is 11.1 Å². The number of nitrogens with two attached hydrogens (primary N) is 1. The highest BCUT2D eigenvalue weighted by atomic mass is 15.3. The number of aromatic nitrogens is 2. The normalized spacial score (nSPS) is 21.4. The molecular formula is C18H25N3. The molecule has 1 aliphatic rings. The predicted octanol–water partition coefficient (Wildman–Crippen LogP) is 4.35. The van der Waals surface area contributed by atoms with Gasteiger partial charge in [-0.2, -0.15) is 5.10 Å². The molecule has 0 spiro atoms. The van der Waals surface area contributed by atoms with Crippen LogP contribution in [0.5, 0.6) is 0 Å². The second-order valence-electron chi connectivity index (χ2n) is 7.11. The molecule has 0 aliphatic heterocycles. The van der Waals surface area contributed by atoms with E-state index >= 15 is 0 Å². The third-order valence-corrected chi connectivity index (χ3v) is 4.88. The molecule has 0 radical (unpaired) electrons. The van der Waals surface area contributed by atoms with Gasteiger partial charge in [0.25, 0.3) is 0 Å². The lowest BCUT2D eigenvalue weighted by molar-refractivity contribution is 0.220. The van der Waals surface area contributed by atoms with Crippen molar-refractivity contribution in [2.45, 2.75) is 45.4 Å². The highest BCUT2D eigenvalue weighted by Gasteiger charge is 2.30. The Morgan fingerprint density at radius 2 is 2.00 bits per heavy atom. The molecule has 1 aromatic heterocycles. The molecule has 1 unspecified atom stereocenters. The number of hydrogen-bond acceptors (Lipinski definition) is 2. The van der Waals surface area contributed by atoms with Crippen molar-refractivity contribution < 1.29 is 0 Å². The van der Waals surface area contributed by atoms with Crippen LogP contribution in [0.3, 0.4) is 0 Å². The summed E-state index contributed by atoms with van der Waals surface area (Å²) in [4.78, 5) is 0. The van der Waals surface area contributed by atoms with Crippen molar-refractivity contribution in [2.75, 3.05) is 5.73 Å². The smallest absolute Gasteiger partial charge is 0.129 e. The first-order valence-electron chi connectivity index (χ1n) is 7.85. The Bertz CT molecular complexity index is 640. The first-order chi connectivity index (χ1) is 9.98. The van der Waals surface area contributed by atoms with E-state index in [0.29, 0.717) is 11.3 Å². The Morgan fingerprint density at radius 3 is 2.67 bits per heavy atom. The third-order valence-electron chi connectivity index (χ3n) is 4.88. The van der Waals surface area contributed by atoms with Gasteiger partial charge >= 0.3 is 0 Å². The summed E-state index contributed by atoms with van der Waals surface area (Å²) in [6.45, 7) is 4.78. The topological polar surface area (TPSA) is 43.8 Å². The molecule has 2 aromatic rings. The van der Waals surface area contributed by atoms with E-state index < -0.39 is 0 Å². The fourth-order valence-electron chi connectivity index (χ4n) is 3.72. The second-order valence-corrected chi connectivity index (χ2v) is 7.11.